The standard InChI is InChI=1S/C19H18ClF2N3O4/c20-15-16-8(18(26)9(19(27)28)5-25(16)13-4-10(13)21)3-11(22)17(15)24-6-12-14(7-24)29-2-1-23-12/h3,5,10,12-14,23H,1-2,4,6-7H2,(H,27,28)/t10-,12-,13+,14+/m0/s1. The summed E-state index contributed by atoms with van der Waals surface area (Å²) in [5.41, 5.74) is -1.10. The summed E-state index contributed by atoms with van der Waals surface area (Å²) in [6.45, 7) is 2.17. The molecule has 3 fully saturated rings. The second kappa shape index (κ2) is 6.65. The summed E-state index contributed by atoms with van der Waals surface area (Å²) in [7, 11) is 0. The fourth-order valence-electron chi connectivity index (χ4n) is 4.35. The zero-order valence-electron chi connectivity index (χ0n) is 15.2. The Labute approximate surface area is 168 Å². The average Bonchev–Trinajstić information content (AvgIpc) is 3.24. The van der Waals surface area contributed by atoms with E-state index in [-0.39, 0.29) is 40.2 Å². The SMILES string of the molecule is O=C(O)c1cn([C@@H]2C[C@@H]2F)c2c(Cl)c(N3C[C@@H]4NCCO[C@@H]4C3)c(F)cc2c1=O. The van der Waals surface area contributed by atoms with Crippen molar-refractivity contribution in [1.29, 1.82) is 0 Å². The quantitative estimate of drug-likeness (QED) is 0.782. The second-order valence-electron chi connectivity index (χ2n) is 7.70. The van der Waals surface area contributed by atoms with Crippen molar-refractivity contribution in [2.24, 2.45) is 0 Å². The number of hydrogen-bond donors (Lipinski definition) is 2. The molecule has 3 aliphatic rings. The van der Waals surface area contributed by atoms with E-state index in [2.05, 4.69) is 5.32 Å². The highest BCUT2D eigenvalue weighted by Crippen LogP contribution is 2.44. The Morgan fingerprint density at radius 1 is 1.38 bits per heavy atom. The molecule has 10 heteroatoms. The van der Waals surface area contributed by atoms with E-state index in [4.69, 9.17) is 16.3 Å². The summed E-state index contributed by atoms with van der Waals surface area (Å²) in [6.07, 6.45) is 0.0228. The maximum absolute atomic E-state index is 15.1. The highest BCUT2D eigenvalue weighted by molar-refractivity contribution is 6.38. The zero-order chi connectivity index (χ0) is 20.4. The summed E-state index contributed by atoms with van der Waals surface area (Å²) in [5.74, 6) is -2.17. The van der Waals surface area contributed by atoms with Crippen LogP contribution in [0, 0.1) is 5.82 Å². The van der Waals surface area contributed by atoms with Crippen LogP contribution in [0.5, 0.6) is 0 Å². The minimum atomic E-state index is -1.45. The van der Waals surface area contributed by atoms with E-state index in [1.54, 1.807) is 4.90 Å². The number of hydrogen-bond acceptors (Lipinski definition) is 5. The molecule has 0 bridgehead atoms. The maximum Gasteiger partial charge on any atom is 0.341 e. The van der Waals surface area contributed by atoms with Gasteiger partial charge in [0, 0.05) is 32.3 Å². The number of ether oxygens (including phenoxy) is 1. The van der Waals surface area contributed by atoms with Gasteiger partial charge in [0.25, 0.3) is 0 Å². The molecule has 2 saturated heterocycles. The number of nitrogens with zero attached hydrogens (tertiary/aromatic N) is 2. The van der Waals surface area contributed by atoms with E-state index in [1.807, 2.05) is 0 Å². The van der Waals surface area contributed by atoms with Gasteiger partial charge in [-0.3, -0.25) is 4.79 Å². The van der Waals surface area contributed by atoms with E-state index in [0.29, 0.717) is 26.2 Å². The molecule has 154 valence electrons. The van der Waals surface area contributed by atoms with E-state index < -0.39 is 35.0 Å². The zero-order valence-corrected chi connectivity index (χ0v) is 16.0. The van der Waals surface area contributed by atoms with Crippen LogP contribution in [-0.2, 0) is 4.74 Å². The third kappa shape index (κ3) is 2.91. The minimum Gasteiger partial charge on any atom is -0.477 e. The molecule has 0 unspecified atom stereocenters. The molecular formula is C19H18ClF2N3O4. The van der Waals surface area contributed by atoms with Crippen molar-refractivity contribution in [2.45, 2.75) is 30.8 Å². The Balaban J connectivity index is 1.70. The van der Waals surface area contributed by atoms with Gasteiger partial charge in [-0.05, 0) is 6.07 Å². The summed E-state index contributed by atoms with van der Waals surface area (Å²) in [5, 5.41) is 12.5. The van der Waals surface area contributed by atoms with Crippen molar-refractivity contribution in [2.75, 3.05) is 31.1 Å². The maximum atomic E-state index is 15.1. The Morgan fingerprint density at radius 3 is 2.79 bits per heavy atom. The van der Waals surface area contributed by atoms with Crippen LogP contribution < -0.4 is 15.6 Å². The van der Waals surface area contributed by atoms with Crippen molar-refractivity contribution >= 4 is 34.2 Å². The van der Waals surface area contributed by atoms with E-state index in [0.717, 1.165) is 12.3 Å². The lowest BCUT2D eigenvalue weighted by Crippen LogP contribution is -2.47. The van der Waals surface area contributed by atoms with E-state index in [1.165, 1.54) is 4.57 Å². The number of pyridine rings is 1. The van der Waals surface area contributed by atoms with Gasteiger partial charge >= 0.3 is 5.97 Å². The Kier molecular flexibility index (Phi) is 4.30. The molecule has 7 nitrogen and oxygen atoms in total. The predicted octanol–water partition coefficient (Wildman–Crippen LogP) is 1.95. The molecule has 5 rings (SSSR count). The minimum absolute atomic E-state index is 0.0215. The molecule has 4 atom stereocenters. The normalized spacial score (nSPS) is 28.6. The number of nitrogens with one attached hydrogen (secondary N) is 1. The van der Waals surface area contributed by atoms with Crippen molar-refractivity contribution in [1.82, 2.24) is 9.88 Å². The molecular weight excluding hydrogens is 408 g/mol. The largest absolute Gasteiger partial charge is 0.477 e. The van der Waals surface area contributed by atoms with Gasteiger partial charge in [0.05, 0.1) is 46.4 Å². The molecule has 0 spiro atoms. The van der Waals surface area contributed by atoms with Gasteiger partial charge in [-0.25, -0.2) is 13.6 Å². The van der Waals surface area contributed by atoms with Gasteiger partial charge < -0.3 is 24.6 Å². The first-order valence-electron chi connectivity index (χ1n) is 9.41. The number of carboxylic acid groups (broad SMARTS) is 1. The molecule has 1 aromatic carbocycles. The van der Waals surface area contributed by atoms with Crippen LogP contribution in [0.4, 0.5) is 14.5 Å². The van der Waals surface area contributed by atoms with Crippen LogP contribution in [-0.4, -0.2) is 60.2 Å². The third-order valence-corrected chi connectivity index (χ3v) is 6.23. The highest BCUT2D eigenvalue weighted by Gasteiger charge is 2.42. The summed E-state index contributed by atoms with van der Waals surface area (Å²) in [4.78, 5) is 25.9. The average molecular weight is 426 g/mol. The number of anilines is 1. The molecule has 1 aromatic heterocycles. The van der Waals surface area contributed by atoms with Crippen LogP contribution >= 0.6 is 11.6 Å². The monoisotopic (exact) mass is 425 g/mol. The van der Waals surface area contributed by atoms with Gasteiger partial charge in [0.15, 0.2) is 0 Å². The topological polar surface area (TPSA) is 83.8 Å². The van der Waals surface area contributed by atoms with Crippen LogP contribution in [0.3, 0.4) is 0 Å². The molecule has 1 saturated carbocycles. The number of halogens is 3. The highest BCUT2D eigenvalue weighted by atomic mass is 35.5. The fraction of sp³-hybridized carbons (Fsp3) is 0.474. The molecule has 29 heavy (non-hydrogen) atoms. The van der Waals surface area contributed by atoms with Crippen molar-refractivity contribution < 1.29 is 23.4 Å². The summed E-state index contributed by atoms with van der Waals surface area (Å²) >= 11 is 6.58. The summed E-state index contributed by atoms with van der Waals surface area (Å²) < 4.78 is 36.0. The first-order chi connectivity index (χ1) is 13.9. The number of rotatable bonds is 3. The second-order valence-corrected chi connectivity index (χ2v) is 8.07. The first-order valence-corrected chi connectivity index (χ1v) is 9.78. The molecule has 0 amide bonds. The molecule has 2 aliphatic heterocycles. The number of benzene rings is 1. The van der Waals surface area contributed by atoms with Gasteiger partial charge in [-0.2, -0.15) is 0 Å². The van der Waals surface area contributed by atoms with Gasteiger partial charge in [0.2, 0.25) is 5.43 Å². The van der Waals surface area contributed by atoms with Crippen LogP contribution in [0.1, 0.15) is 22.8 Å². The number of carbonyl (C=O) groups is 1. The number of aromatic nitrogens is 1. The lowest BCUT2D eigenvalue weighted by Gasteiger charge is -2.25. The van der Waals surface area contributed by atoms with Crippen molar-refractivity contribution in [3.63, 3.8) is 0 Å². The third-order valence-electron chi connectivity index (χ3n) is 5.88. The first kappa shape index (κ1) is 18.8. The number of aromatic carboxylic acids is 1. The fourth-order valence-corrected chi connectivity index (χ4v) is 4.76. The Hall–Kier alpha value is -2.23. The lowest BCUT2D eigenvalue weighted by atomic mass is 10.1. The van der Waals surface area contributed by atoms with Crippen LogP contribution in [0.15, 0.2) is 17.1 Å². The Morgan fingerprint density at radius 2 is 2.14 bits per heavy atom. The van der Waals surface area contributed by atoms with Gasteiger partial charge in [-0.15, -0.1) is 0 Å². The molecule has 3 heterocycles. The van der Waals surface area contributed by atoms with Crippen molar-refractivity contribution in [3.05, 3.63) is 38.9 Å². The molecule has 0 radical (unpaired) electrons. The molecule has 2 aromatic rings. The van der Waals surface area contributed by atoms with E-state index >= 15 is 4.39 Å². The van der Waals surface area contributed by atoms with Crippen LogP contribution in [0.25, 0.3) is 10.9 Å². The van der Waals surface area contributed by atoms with Gasteiger partial charge in [0.1, 0.15) is 17.6 Å². The summed E-state index contributed by atoms with van der Waals surface area (Å²) in [6, 6.07) is 0.413. The number of fused-ring (bicyclic) bond motifs is 2. The number of carboxylic acids is 1. The van der Waals surface area contributed by atoms with Gasteiger partial charge in [-0.1, -0.05) is 11.6 Å². The molecule has 1 aliphatic carbocycles. The van der Waals surface area contributed by atoms with Crippen LogP contribution in [0.2, 0.25) is 5.02 Å². The Bertz CT molecular complexity index is 1080. The van der Waals surface area contributed by atoms with E-state index in [9.17, 15) is 19.1 Å². The lowest BCUT2D eigenvalue weighted by molar-refractivity contribution is 0.0212. The van der Waals surface area contributed by atoms with Crippen molar-refractivity contribution in [3.8, 4) is 0 Å². The number of morpholine rings is 1. The predicted molar refractivity (Wildman–Crippen MR) is 102 cm³/mol. The number of alkyl halides is 1. The smallest absolute Gasteiger partial charge is 0.341 e. The molecule has 2 N–H and O–H groups in total.